The van der Waals surface area contributed by atoms with E-state index in [2.05, 4.69) is 59.3 Å². The fourth-order valence-corrected chi connectivity index (χ4v) is 4.69. The van der Waals surface area contributed by atoms with Gasteiger partial charge in [-0.3, -0.25) is 9.69 Å². The summed E-state index contributed by atoms with van der Waals surface area (Å²) in [6.45, 7) is 8.06. The summed E-state index contributed by atoms with van der Waals surface area (Å²) in [7, 11) is 1.71. The normalized spacial score (nSPS) is 14.5. The van der Waals surface area contributed by atoms with Crippen LogP contribution in [0.1, 0.15) is 31.7 Å². The van der Waals surface area contributed by atoms with Crippen molar-refractivity contribution in [3.8, 4) is 5.75 Å². The van der Waals surface area contributed by atoms with Crippen molar-refractivity contribution in [2.75, 3.05) is 51.3 Å². The van der Waals surface area contributed by atoms with Crippen LogP contribution in [-0.2, 0) is 22.5 Å². The van der Waals surface area contributed by atoms with Crippen LogP contribution < -0.4 is 9.64 Å². The van der Waals surface area contributed by atoms with E-state index < -0.39 is 0 Å². The lowest BCUT2D eigenvalue weighted by atomic mass is 10.1. The molecule has 2 heterocycles. The largest absolute Gasteiger partial charge is 0.497 e. The number of rotatable bonds is 11. The zero-order valence-electron chi connectivity index (χ0n) is 20.5. The quantitative estimate of drug-likeness (QED) is 0.303. The van der Waals surface area contributed by atoms with Gasteiger partial charge in [-0.15, -0.1) is 0 Å². The van der Waals surface area contributed by atoms with Gasteiger partial charge in [-0.1, -0.05) is 44.0 Å². The average molecular weight is 464 g/mol. The van der Waals surface area contributed by atoms with Crippen LogP contribution in [0.5, 0.6) is 5.75 Å². The van der Waals surface area contributed by atoms with Crippen molar-refractivity contribution in [3.63, 3.8) is 0 Å². The van der Waals surface area contributed by atoms with Gasteiger partial charge in [-0.2, -0.15) is 0 Å². The van der Waals surface area contributed by atoms with Crippen molar-refractivity contribution in [1.82, 2.24) is 9.47 Å². The third-order valence-electron chi connectivity index (χ3n) is 6.67. The molecule has 1 aromatic heterocycles. The van der Waals surface area contributed by atoms with Gasteiger partial charge in [0, 0.05) is 61.6 Å². The minimum absolute atomic E-state index is 0.155. The number of unbranched alkanes of at least 4 members (excludes halogenated alkanes) is 2. The Morgan fingerprint density at radius 1 is 1.00 bits per heavy atom. The van der Waals surface area contributed by atoms with Crippen LogP contribution in [-0.4, -0.2) is 61.9 Å². The molecule has 34 heavy (non-hydrogen) atoms. The Bertz CT molecular complexity index is 1070. The molecule has 0 N–H and O–H groups in total. The molecular formula is C28H37N3O3. The van der Waals surface area contributed by atoms with E-state index in [4.69, 9.17) is 9.47 Å². The van der Waals surface area contributed by atoms with Gasteiger partial charge in [-0.25, -0.2) is 0 Å². The number of benzene rings is 2. The summed E-state index contributed by atoms with van der Waals surface area (Å²) >= 11 is 0. The molecule has 2 aromatic carbocycles. The summed E-state index contributed by atoms with van der Waals surface area (Å²) in [5, 5.41) is 1.23. The third kappa shape index (κ3) is 6.11. The van der Waals surface area contributed by atoms with Gasteiger partial charge in [0.05, 0.1) is 13.7 Å². The Hall–Kier alpha value is -2.99. The summed E-state index contributed by atoms with van der Waals surface area (Å²) in [5.74, 6) is 0.748. The minimum Gasteiger partial charge on any atom is -0.497 e. The van der Waals surface area contributed by atoms with Gasteiger partial charge in [0.1, 0.15) is 12.3 Å². The SMILES string of the molecule is CCCCCOC(=O)Cn1cc(CCN2CCN(c3cccc(OC)c3)CC2)c2ccccc21. The predicted octanol–water partition coefficient (Wildman–Crippen LogP) is 4.75. The molecule has 6 heteroatoms. The standard InChI is InChI=1S/C28H37N3O3/c1-3-4-7-19-34-28(32)22-31-21-23(26-11-5-6-12-27(26)31)13-14-29-15-17-30(18-16-29)24-9-8-10-25(20-24)33-2/h5-6,8-12,20-21H,3-4,7,13-19,22H2,1-2H3. The number of para-hydroxylation sites is 1. The molecule has 0 bridgehead atoms. The van der Waals surface area contributed by atoms with Crippen LogP contribution in [0, 0.1) is 0 Å². The number of hydrogen-bond acceptors (Lipinski definition) is 5. The first kappa shape index (κ1) is 24.1. The zero-order chi connectivity index (χ0) is 23.8. The van der Waals surface area contributed by atoms with Gasteiger partial charge in [0.15, 0.2) is 0 Å². The van der Waals surface area contributed by atoms with Gasteiger partial charge < -0.3 is 18.9 Å². The van der Waals surface area contributed by atoms with E-state index in [9.17, 15) is 4.79 Å². The number of anilines is 1. The highest BCUT2D eigenvalue weighted by Gasteiger charge is 2.18. The fourth-order valence-electron chi connectivity index (χ4n) is 4.69. The van der Waals surface area contributed by atoms with Crippen molar-refractivity contribution in [2.24, 2.45) is 0 Å². The first-order valence-electron chi connectivity index (χ1n) is 12.5. The number of piperazine rings is 1. The van der Waals surface area contributed by atoms with Crippen LogP contribution in [0.2, 0.25) is 0 Å². The molecule has 0 aliphatic carbocycles. The average Bonchev–Trinajstić information content (AvgIpc) is 3.23. The number of esters is 1. The van der Waals surface area contributed by atoms with Gasteiger partial charge >= 0.3 is 5.97 Å². The molecule has 1 aliphatic rings. The Balaban J connectivity index is 1.32. The Kier molecular flexibility index (Phi) is 8.47. The molecule has 0 radical (unpaired) electrons. The Labute approximate surface area is 203 Å². The van der Waals surface area contributed by atoms with Crippen molar-refractivity contribution in [2.45, 2.75) is 39.2 Å². The van der Waals surface area contributed by atoms with Crippen LogP contribution >= 0.6 is 0 Å². The molecule has 0 unspecified atom stereocenters. The summed E-state index contributed by atoms with van der Waals surface area (Å²) in [6, 6.07) is 16.7. The number of aromatic nitrogens is 1. The smallest absolute Gasteiger partial charge is 0.325 e. The number of carbonyl (C=O) groups is 1. The van der Waals surface area contributed by atoms with E-state index in [1.54, 1.807) is 7.11 Å². The summed E-state index contributed by atoms with van der Waals surface area (Å²) < 4.78 is 12.9. The number of ether oxygens (including phenoxy) is 2. The number of hydrogen-bond donors (Lipinski definition) is 0. The van der Waals surface area contributed by atoms with Crippen LogP contribution in [0.15, 0.2) is 54.7 Å². The minimum atomic E-state index is -0.155. The summed E-state index contributed by atoms with van der Waals surface area (Å²) in [6.07, 6.45) is 6.27. The lowest BCUT2D eigenvalue weighted by Gasteiger charge is -2.36. The highest BCUT2D eigenvalue weighted by atomic mass is 16.5. The van der Waals surface area contributed by atoms with Gasteiger partial charge in [-0.05, 0) is 36.6 Å². The molecule has 1 saturated heterocycles. The highest BCUT2D eigenvalue weighted by molar-refractivity contribution is 5.85. The second kappa shape index (κ2) is 11.9. The van der Waals surface area contributed by atoms with E-state index >= 15 is 0 Å². The monoisotopic (exact) mass is 463 g/mol. The van der Waals surface area contributed by atoms with E-state index in [0.717, 1.165) is 69.7 Å². The molecule has 1 aliphatic heterocycles. The highest BCUT2D eigenvalue weighted by Crippen LogP contribution is 2.24. The predicted molar refractivity (Wildman–Crippen MR) is 138 cm³/mol. The molecule has 0 spiro atoms. The molecule has 4 rings (SSSR count). The van der Waals surface area contributed by atoms with Crippen LogP contribution in [0.25, 0.3) is 10.9 Å². The molecule has 182 valence electrons. The molecule has 0 amide bonds. The topological polar surface area (TPSA) is 46.9 Å². The van der Waals surface area contributed by atoms with Gasteiger partial charge in [0.25, 0.3) is 0 Å². The second-order valence-electron chi connectivity index (χ2n) is 9.01. The van der Waals surface area contributed by atoms with Crippen molar-refractivity contribution < 1.29 is 14.3 Å². The number of fused-ring (bicyclic) bond motifs is 1. The van der Waals surface area contributed by atoms with E-state index in [0.29, 0.717) is 6.61 Å². The maximum absolute atomic E-state index is 12.4. The number of methoxy groups -OCH3 is 1. The van der Waals surface area contributed by atoms with E-state index in [1.807, 2.05) is 16.7 Å². The van der Waals surface area contributed by atoms with E-state index in [-0.39, 0.29) is 12.5 Å². The summed E-state index contributed by atoms with van der Waals surface area (Å²) in [4.78, 5) is 17.3. The van der Waals surface area contributed by atoms with Crippen molar-refractivity contribution in [3.05, 3.63) is 60.3 Å². The third-order valence-corrected chi connectivity index (χ3v) is 6.67. The summed E-state index contributed by atoms with van der Waals surface area (Å²) in [5.41, 5.74) is 3.62. The molecule has 0 atom stereocenters. The number of nitrogens with zero attached hydrogens (tertiary/aromatic N) is 3. The lowest BCUT2D eigenvalue weighted by molar-refractivity contribution is -0.144. The molecule has 0 saturated carbocycles. The Morgan fingerprint density at radius 2 is 1.82 bits per heavy atom. The first-order chi connectivity index (χ1) is 16.7. The van der Waals surface area contributed by atoms with Crippen molar-refractivity contribution >= 4 is 22.6 Å². The van der Waals surface area contributed by atoms with Gasteiger partial charge in [0.2, 0.25) is 0 Å². The molecule has 1 fully saturated rings. The van der Waals surface area contributed by atoms with Crippen LogP contribution in [0.4, 0.5) is 5.69 Å². The lowest BCUT2D eigenvalue weighted by Crippen LogP contribution is -2.47. The zero-order valence-corrected chi connectivity index (χ0v) is 20.5. The van der Waals surface area contributed by atoms with E-state index in [1.165, 1.54) is 16.6 Å². The Morgan fingerprint density at radius 3 is 2.62 bits per heavy atom. The van der Waals surface area contributed by atoms with Crippen LogP contribution in [0.3, 0.4) is 0 Å². The molecular weight excluding hydrogens is 426 g/mol. The number of carbonyl (C=O) groups excluding carboxylic acids is 1. The first-order valence-corrected chi connectivity index (χ1v) is 12.5. The molecule has 3 aromatic rings. The van der Waals surface area contributed by atoms with Crippen molar-refractivity contribution in [1.29, 1.82) is 0 Å². The fraction of sp³-hybridized carbons (Fsp3) is 0.464. The molecule has 6 nitrogen and oxygen atoms in total. The maximum Gasteiger partial charge on any atom is 0.325 e. The second-order valence-corrected chi connectivity index (χ2v) is 9.01. The maximum atomic E-state index is 12.4.